The van der Waals surface area contributed by atoms with Gasteiger partial charge < -0.3 is 24.1 Å². The molecule has 1 aliphatic heterocycles. The van der Waals surface area contributed by atoms with Crippen molar-refractivity contribution >= 4 is 28.5 Å². The maximum Gasteiger partial charge on any atom is 0.291 e. The molecule has 1 saturated heterocycles. The van der Waals surface area contributed by atoms with E-state index in [9.17, 15) is 9.59 Å². The van der Waals surface area contributed by atoms with Crippen LogP contribution in [-0.4, -0.2) is 49.1 Å². The Labute approximate surface area is 174 Å². The number of aryl methyl sites for hydroxylation is 1. The van der Waals surface area contributed by atoms with Crippen molar-refractivity contribution in [2.45, 2.75) is 20.0 Å². The molecule has 0 aliphatic carbocycles. The zero-order valence-electron chi connectivity index (χ0n) is 17.0. The number of ether oxygens (including phenoxy) is 2. The average molecular weight is 408 g/mol. The second-order valence-corrected chi connectivity index (χ2v) is 7.27. The molecule has 2 amide bonds. The van der Waals surface area contributed by atoms with Crippen LogP contribution in [0.1, 0.15) is 23.0 Å². The van der Waals surface area contributed by atoms with Gasteiger partial charge in [0.05, 0.1) is 13.2 Å². The van der Waals surface area contributed by atoms with Crippen molar-refractivity contribution in [3.8, 4) is 5.75 Å². The largest absolute Gasteiger partial charge is 0.481 e. The molecule has 0 radical (unpaired) electrons. The maximum atomic E-state index is 13.1. The van der Waals surface area contributed by atoms with Gasteiger partial charge in [0.25, 0.3) is 11.8 Å². The third kappa shape index (κ3) is 4.16. The lowest BCUT2D eigenvalue weighted by Crippen LogP contribution is -2.41. The van der Waals surface area contributed by atoms with E-state index >= 15 is 0 Å². The second kappa shape index (κ2) is 8.59. The highest BCUT2D eigenvalue weighted by Gasteiger charge is 2.28. The van der Waals surface area contributed by atoms with Crippen molar-refractivity contribution in [2.24, 2.45) is 0 Å². The number of hydrogen-bond donors (Lipinski definition) is 1. The molecule has 1 aromatic heterocycles. The van der Waals surface area contributed by atoms with Gasteiger partial charge in [-0.3, -0.25) is 9.59 Å². The lowest BCUT2D eigenvalue weighted by molar-refractivity contribution is -0.122. The van der Waals surface area contributed by atoms with Crippen LogP contribution >= 0.6 is 0 Å². The molecular weight excluding hydrogens is 384 g/mol. The van der Waals surface area contributed by atoms with E-state index < -0.39 is 6.10 Å². The highest BCUT2D eigenvalue weighted by Crippen LogP contribution is 2.32. The van der Waals surface area contributed by atoms with E-state index in [1.54, 1.807) is 17.9 Å². The Kier molecular flexibility index (Phi) is 5.72. The number of amides is 2. The first kappa shape index (κ1) is 20.0. The van der Waals surface area contributed by atoms with Gasteiger partial charge in [-0.15, -0.1) is 0 Å². The van der Waals surface area contributed by atoms with Crippen LogP contribution in [0.2, 0.25) is 0 Å². The monoisotopic (exact) mass is 408 g/mol. The summed E-state index contributed by atoms with van der Waals surface area (Å²) in [5, 5.41) is 3.52. The van der Waals surface area contributed by atoms with Crippen molar-refractivity contribution in [3.63, 3.8) is 0 Å². The first-order valence-corrected chi connectivity index (χ1v) is 9.95. The first-order chi connectivity index (χ1) is 14.5. The molecule has 4 rings (SSSR count). The number of fused-ring (bicyclic) bond motifs is 1. The van der Waals surface area contributed by atoms with E-state index in [0.29, 0.717) is 48.7 Å². The van der Waals surface area contributed by atoms with E-state index in [1.165, 1.54) is 0 Å². The Morgan fingerprint density at radius 1 is 1.07 bits per heavy atom. The summed E-state index contributed by atoms with van der Waals surface area (Å²) in [7, 11) is 0. The van der Waals surface area contributed by atoms with Crippen LogP contribution < -0.4 is 10.1 Å². The standard InChI is InChI=1S/C23H24N2O5/c1-15-7-9-17(10-8-15)29-16(2)22(26)24-20-18-5-3-4-6-19(18)30-21(20)23(27)25-11-13-28-14-12-25/h3-10,16H,11-14H2,1-2H3,(H,24,26)/t16-/m1/s1. The van der Waals surface area contributed by atoms with Gasteiger partial charge in [0, 0.05) is 18.5 Å². The van der Waals surface area contributed by atoms with Gasteiger partial charge in [0.15, 0.2) is 6.10 Å². The number of rotatable bonds is 5. The van der Waals surface area contributed by atoms with Crippen molar-refractivity contribution in [2.75, 3.05) is 31.6 Å². The summed E-state index contributed by atoms with van der Waals surface area (Å²) in [4.78, 5) is 27.6. The minimum Gasteiger partial charge on any atom is -0.481 e. The topological polar surface area (TPSA) is 81.0 Å². The van der Waals surface area contributed by atoms with Crippen LogP contribution in [-0.2, 0) is 9.53 Å². The van der Waals surface area contributed by atoms with Gasteiger partial charge in [-0.2, -0.15) is 0 Å². The van der Waals surface area contributed by atoms with Gasteiger partial charge in [-0.25, -0.2) is 0 Å². The zero-order valence-corrected chi connectivity index (χ0v) is 17.0. The number of nitrogens with zero attached hydrogens (tertiary/aromatic N) is 1. The number of benzene rings is 2. The summed E-state index contributed by atoms with van der Waals surface area (Å²) in [5.41, 5.74) is 2.01. The number of morpholine rings is 1. The van der Waals surface area contributed by atoms with Gasteiger partial charge in [0.2, 0.25) is 5.76 Å². The Hall–Kier alpha value is -3.32. The van der Waals surface area contributed by atoms with Crippen molar-refractivity contribution in [1.29, 1.82) is 0 Å². The molecule has 3 aromatic rings. The predicted molar refractivity (Wildman–Crippen MR) is 113 cm³/mol. The van der Waals surface area contributed by atoms with Crippen LogP contribution in [0.3, 0.4) is 0 Å². The summed E-state index contributed by atoms with van der Waals surface area (Å²) in [6.07, 6.45) is -0.757. The number of hydrogen-bond acceptors (Lipinski definition) is 5. The molecule has 7 heteroatoms. The van der Waals surface area contributed by atoms with Crippen molar-refractivity contribution < 1.29 is 23.5 Å². The number of nitrogens with one attached hydrogen (secondary N) is 1. The van der Waals surface area contributed by atoms with Gasteiger partial charge in [-0.05, 0) is 38.1 Å². The number of para-hydroxylation sites is 1. The molecule has 7 nitrogen and oxygen atoms in total. The van der Waals surface area contributed by atoms with Crippen LogP contribution in [0.25, 0.3) is 11.0 Å². The third-order valence-corrected chi connectivity index (χ3v) is 5.04. The number of furan rings is 1. The van der Waals surface area contributed by atoms with Crippen LogP contribution in [0.15, 0.2) is 52.9 Å². The number of carbonyl (C=O) groups excluding carboxylic acids is 2. The summed E-state index contributed by atoms with van der Waals surface area (Å²) in [6.45, 7) is 5.58. The molecule has 1 aliphatic rings. The molecule has 1 N–H and O–H groups in total. The Morgan fingerprint density at radius 2 is 1.77 bits per heavy atom. The van der Waals surface area contributed by atoms with Crippen molar-refractivity contribution in [1.82, 2.24) is 4.90 Å². The zero-order chi connectivity index (χ0) is 21.1. The lowest BCUT2D eigenvalue weighted by Gasteiger charge is -2.26. The molecule has 156 valence electrons. The summed E-state index contributed by atoms with van der Waals surface area (Å²) in [5.74, 6) is 0.0916. The normalized spacial score (nSPS) is 15.1. The predicted octanol–water partition coefficient (Wildman–Crippen LogP) is 3.62. The van der Waals surface area contributed by atoms with Gasteiger partial charge in [0.1, 0.15) is 17.0 Å². The highest BCUT2D eigenvalue weighted by atomic mass is 16.5. The molecule has 0 saturated carbocycles. The molecule has 0 unspecified atom stereocenters. The fraction of sp³-hybridized carbons (Fsp3) is 0.304. The second-order valence-electron chi connectivity index (χ2n) is 7.27. The van der Waals surface area contributed by atoms with E-state index in [0.717, 1.165) is 5.56 Å². The maximum absolute atomic E-state index is 13.1. The molecule has 0 spiro atoms. The highest BCUT2D eigenvalue weighted by molar-refractivity contribution is 6.11. The van der Waals surface area contributed by atoms with Gasteiger partial charge >= 0.3 is 0 Å². The fourth-order valence-corrected chi connectivity index (χ4v) is 3.33. The average Bonchev–Trinajstić information content (AvgIpc) is 3.13. The SMILES string of the molecule is Cc1ccc(O[C@H](C)C(=O)Nc2c(C(=O)N3CCOCC3)oc3ccccc23)cc1. The number of anilines is 1. The van der Waals surface area contributed by atoms with E-state index in [1.807, 2.05) is 49.4 Å². The molecule has 2 heterocycles. The van der Waals surface area contributed by atoms with Crippen LogP contribution in [0, 0.1) is 6.92 Å². The molecule has 1 fully saturated rings. The lowest BCUT2D eigenvalue weighted by atomic mass is 10.2. The Bertz CT molecular complexity index is 1050. The van der Waals surface area contributed by atoms with Crippen LogP contribution in [0.4, 0.5) is 5.69 Å². The van der Waals surface area contributed by atoms with Crippen molar-refractivity contribution in [3.05, 3.63) is 59.9 Å². The molecule has 1 atom stereocenters. The molecule has 0 bridgehead atoms. The molecular formula is C23H24N2O5. The molecule has 30 heavy (non-hydrogen) atoms. The minimum absolute atomic E-state index is 0.119. The summed E-state index contributed by atoms with van der Waals surface area (Å²) in [6, 6.07) is 14.7. The summed E-state index contributed by atoms with van der Waals surface area (Å²) >= 11 is 0. The van der Waals surface area contributed by atoms with Gasteiger partial charge in [-0.1, -0.05) is 29.8 Å². The number of carbonyl (C=O) groups is 2. The van der Waals surface area contributed by atoms with E-state index in [4.69, 9.17) is 13.9 Å². The quantitative estimate of drug-likeness (QED) is 0.697. The smallest absolute Gasteiger partial charge is 0.291 e. The minimum atomic E-state index is -0.757. The third-order valence-electron chi connectivity index (χ3n) is 5.04. The van der Waals surface area contributed by atoms with E-state index in [-0.39, 0.29) is 17.6 Å². The first-order valence-electron chi connectivity index (χ1n) is 9.95. The molecule has 2 aromatic carbocycles. The Morgan fingerprint density at radius 3 is 2.50 bits per heavy atom. The van der Waals surface area contributed by atoms with Crippen LogP contribution in [0.5, 0.6) is 5.75 Å². The fourth-order valence-electron chi connectivity index (χ4n) is 3.33. The van der Waals surface area contributed by atoms with E-state index in [2.05, 4.69) is 5.32 Å². The summed E-state index contributed by atoms with van der Waals surface area (Å²) < 4.78 is 16.9. The Balaban J connectivity index is 1.58.